The van der Waals surface area contributed by atoms with Crippen LogP contribution in [0.2, 0.25) is 0 Å². The van der Waals surface area contributed by atoms with Crippen molar-refractivity contribution in [2.75, 3.05) is 32.1 Å². The SMILES string of the molecule is CO.O=C(NCCc1ccccn1)c1nc(NCC(c2ccccc2)c2ccccc2)c2ncn(C3CCC(CO)O3)c2n1. The van der Waals surface area contributed by atoms with Crippen molar-refractivity contribution in [3.8, 4) is 0 Å². The molecule has 1 aliphatic heterocycles. The highest BCUT2D eigenvalue weighted by atomic mass is 16.5. The molecule has 1 aliphatic rings. The molecule has 0 radical (unpaired) electrons. The van der Waals surface area contributed by atoms with Crippen LogP contribution < -0.4 is 10.6 Å². The normalized spacial score (nSPS) is 16.0. The Morgan fingerprint density at radius 1 is 0.955 bits per heavy atom. The van der Waals surface area contributed by atoms with Crippen LogP contribution in [0.3, 0.4) is 0 Å². The Morgan fingerprint density at radius 2 is 1.66 bits per heavy atom. The van der Waals surface area contributed by atoms with E-state index in [4.69, 9.17) is 9.84 Å². The van der Waals surface area contributed by atoms with Crippen LogP contribution in [0.5, 0.6) is 0 Å². The lowest BCUT2D eigenvalue weighted by Crippen LogP contribution is -2.28. The van der Waals surface area contributed by atoms with Crippen LogP contribution in [-0.2, 0) is 11.2 Å². The maximum Gasteiger partial charge on any atom is 0.289 e. The number of aliphatic hydroxyl groups excluding tert-OH is 2. The lowest BCUT2D eigenvalue weighted by Gasteiger charge is -2.20. The zero-order chi connectivity index (χ0) is 30.7. The van der Waals surface area contributed by atoms with Crippen molar-refractivity contribution < 1.29 is 19.7 Å². The van der Waals surface area contributed by atoms with E-state index in [2.05, 4.69) is 54.8 Å². The first-order chi connectivity index (χ1) is 21.7. The standard InChI is InChI=1S/C32H33N7O3.CH4O/c40-20-25-14-15-27(42-25)39-21-36-28-29(35-19-26(22-9-3-1-4-10-22)23-11-5-2-6-12-23)37-30(38-31(28)39)32(41)34-18-16-24-13-7-8-17-33-24;1-2/h1-13,17,21,25-27,40H,14-16,18-20H2,(H,34,41)(H,35,37,38);2H,1H3. The van der Waals surface area contributed by atoms with E-state index in [1.165, 1.54) is 0 Å². The highest BCUT2D eigenvalue weighted by Gasteiger charge is 2.29. The summed E-state index contributed by atoms with van der Waals surface area (Å²) in [7, 11) is 1.00. The summed E-state index contributed by atoms with van der Waals surface area (Å²) in [4.78, 5) is 31.5. The third-order valence-electron chi connectivity index (χ3n) is 7.49. The van der Waals surface area contributed by atoms with Crippen LogP contribution in [-0.4, -0.2) is 73.5 Å². The molecule has 1 fully saturated rings. The number of hydrogen-bond acceptors (Lipinski definition) is 9. The first-order valence-electron chi connectivity index (χ1n) is 14.7. The predicted octanol–water partition coefficient (Wildman–Crippen LogP) is 3.72. The van der Waals surface area contributed by atoms with Gasteiger partial charge < -0.3 is 25.6 Å². The molecular formula is C33H37N7O4. The summed E-state index contributed by atoms with van der Waals surface area (Å²) in [5.41, 5.74) is 4.26. The van der Waals surface area contributed by atoms with Gasteiger partial charge >= 0.3 is 0 Å². The molecule has 4 heterocycles. The average molecular weight is 596 g/mol. The highest BCUT2D eigenvalue weighted by Crippen LogP contribution is 2.32. The van der Waals surface area contributed by atoms with E-state index in [0.29, 0.717) is 42.9 Å². The second-order valence-electron chi connectivity index (χ2n) is 10.3. The first kappa shape index (κ1) is 30.7. The summed E-state index contributed by atoms with van der Waals surface area (Å²) in [5.74, 6) is 0.174. The van der Waals surface area contributed by atoms with Crippen molar-refractivity contribution in [3.05, 3.63) is 114 Å². The third-order valence-corrected chi connectivity index (χ3v) is 7.49. The molecule has 0 aliphatic carbocycles. The summed E-state index contributed by atoms with van der Waals surface area (Å²) in [5, 5.41) is 23.0. The van der Waals surface area contributed by atoms with Gasteiger partial charge in [0.25, 0.3) is 5.91 Å². The molecule has 0 bridgehead atoms. The van der Waals surface area contributed by atoms with Crippen molar-refractivity contribution in [3.63, 3.8) is 0 Å². The molecule has 1 amide bonds. The van der Waals surface area contributed by atoms with Crippen LogP contribution in [0.25, 0.3) is 11.2 Å². The lowest BCUT2D eigenvalue weighted by atomic mass is 9.91. The van der Waals surface area contributed by atoms with Gasteiger partial charge in [-0.3, -0.25) is 14.3 Å². The van der Waals surface area contributed by atoms with Gasteiger partial charge in [0.1, 0.15) is 6.23 Å². The first-order valence-corrected chi connectivity index (χ1v) is 14.7. The number of aliphatic hydroxyl groups is 2. The number of imidazole rings is 1. The molecule has 2 atom stereocenters. The Kier molecular flexibility index (Phi) is 10.6. The van der Waals surface area contributed by atoms with Gasteiger partial charge in [0.05, 0.1) is 19.0 Å². The number of rotatable bonds is 11. The summed E-state index contributed by atoms with van der Waals surface area (Å²) >= 11 is 0. The molecule has 0 saturated carbocycles. The number of ether oxygens (including phenoxy) is 1. The van der Waals surface area contributed by atoms with Crippen molar-refractivity contribution >= 4 is 22.9 Å². The number of benzene rings is 2. The van der Waals surface area contributed by atoms with Gasteiger partial charge in [-0.15, -0.1) is 0 Å². The van der Waals surface area contributed by atoms with Gasteiger partial charge in [-0.2, -0.15) is 0 Å². The zero-order valence-electron chi connectivity index (χ0n) is 24.6. The van der Waals surface area contributed by atoms with E-state index in [1.54, 1.807) is 12.5 Å². The Hall–Kier alpha value is -4.71. The maximum atomic E-state index is 13.3. The minimum absolute atomic E-state index is 0.0404. The zero-order valence-corrected chi connectivity index (χ0v) is 24.6. The summed E-state index contributed by atoms with van der Waals surface area (Å²) in [6.45, 7) is 0.878. The molecule has 0 spiro atoms. The molecule has 2 aromatic carbocycles. The molecule has 2 unspecified atom stereocenters. The number of nitrogens with zero attached hydrogens (tertiary/aromatic N) is 5. The molecule has 11 heteroatoms. The van der Waals surface area contributed by atoms with E-state index in [9.17, 15) is 9.90 Å². The third kappa shape index (κ3) is 7.25. The Balaban J connectivity index is 0.00000188. The molecule has 5 aromatic rings. The van der Waals surface area contributed by atoms with Crippen LogP contribution in [0.15, 0.2) is 91.4 Å². The van der Waals surface area contributed by atoms with E-state index >= 15 is 0 Å². The molecule has 228 valence electrons. The van der Waals surface area contributed by atoms with Gasteiger partial charge in [-0.25, -0.2) is 15.0 Å². The van der Waals surface area contributed by atoms with E-state index in [1.807, 2.05) is 59.2 Å². The molecular weight excluding hydrogens is 558 g/mol. The Bertz CT molecular complexity index is 1580. The number of hydrogen-bond donors (Lipinski definition) is 4. The largest absolute Gasteiger partial charge is 0.400 e. The fourth-order valence-electron chi connectivity index (χ4n) is 5.30. The van der Waals surface area contributed by atoms with Gasteiger partial charge in [-0.1, -0.05) is 66.7 Å². The fraction of sp³-hybridized carbons (Fsp3) is 0.303. The van der Waals surface area contributed by atoms with Crippen molar-refractivity contribution in [2.45, 2.75) is 37.5 Å². The fourth-order valence-corrected chi connectivity index (χ4v) is 5.30. The minimum Gasteiger partial charge on any atom is -0.400 e. The number of anilines is 1. The number of aromatic nitrogens is 5. The predicted molar refractivity (Wildman–Crippen MR) is 167 cm³/mol. The molecule has 4 N–H and O–H groups in total. The van der Waals surface area contributed by atoms with E-state index in [0.717, 1.165) is 30.4 Å². The number of nitrogens with one attached hydrogen (secondary N) is 2. The second-order valence-corrected chi connectivity index (χ2v) is 10.3. The highest BCUT2D eigenvalue weighted by molar-refractivity contribution is 5.94. The number of carbonyl (C=O) groups excluding carboxylic acids is 1. The monoisotopic (exact) mass is 595 g/mol. The Morgan fingerprint density at radius 3 is 2.30 bits per heavy atom. The van der Waals surface area contributed by atoms with E-state index in [-0.39, 0.29) is 36.6 Å². The van der Waals surface area contributed by atoms with Crippen LogP contribution in [0, 0.1) is 0 Å². The lowest BCUT2D eigenvalue weighted by molar-refractivity contribution is -0.0207. The number of carbonyl (C=O) groups is 1. The number of fused-ring (bicyclic) bond motifs is 1. The number of pyridine rings is 1. The topological polar surface area (TPSA) is 147 Å². The van der Waals surface area contributed by atoms with Crippen LogP contribution >= 0.6 is 0 Å². The smallest absolute Gasteiger partial charge is 0.289 e. The molecule has 1 saturated heterocycles. The molecule has 3 aromatic heterocycles. The number of amides is 1. The van der Waals surface area contributed by atoms with Gasteiger partial charge in [0.15, 0.2) is 17.0 Å². The molecule has 44 heavy (non-hydrogen) atoms. The van der Waals surface area contributed by atoms with Crippen LogP contribution in [0.1, 0.15) is 52.4 Å². The minimum atomic E-state index is -0.383. The summed E-state index contributed by atoms with van der Waals surface area (Å²) in [6, 6.07) is 26.3. The van der Waals surface area contributed by atoms with Crippen molar-refractivity contribution in [1.29, 1.82) is 0 Å². The maximum absolute atomic E-state index is 13.3. The second kappa shape index (κ2) is 15.1. The van der Waals surface area contributed by atoms with Gasteiger partial charge in [0.2, 0.25) is 5.82 Å². The van der Waals surface area contributed by atoms with E-state index < -0.39 is 0 Å². The average Bonchev–Trinajstić information content (AvgIpc) is 3.74. The molecule has 11 nitrogen and oxygen atoms in total. The molecule has 6 rings (SSSR count). The van der Waals surface area contributed by atoms with Gasteiger partial charge in [0, 0.05) is 44.4 Å². The van der Waals surface area contributed by atoms with Crippen LogP contribution in [0.4, 0.5) is 5.82 Å². The van der Waals surface area contributed by atoms with Gasteiger partial charge in [-0.05, 0) is 36.1 Å². The van der Waals surface area contributed by atoms with Crippen molar-refractivity contribution in [1.82, 2.24) is 29.8 Å². The Labute approximate surface area is 256 Å². The van der Waals surface area contributed by atoms with Crippen molar-refractivity contribution in [2.24, 2.45) is 0 Å². The summed E-state index contributed by atoms with van der Waals surface area (Å²) in [6.07, 6.45) is 4.86. The quantitative estimate of drug-likeness (QED) is 0.179. The summed E-state index contributed by atoms with van der Waals surface area (Å²) < 4.78 is 7.84.